The van der Waals surface area contributed by atoms with Crippen LogP contribution in [0.25, 0.3) is 0 Å². The highest BCUT2D eigenvalue weighted by Crippen LogP contribution is 2.38. The number of rotatable bonds is 5. The monoisotopic (exact) mass is 473 g/mol. The topological polar surface area (TPSA) is 75.5 Å². The molecule has 3 rings (SSSR count). The van der Waals surface area contributed by atoms with Gasteiger partial charge in [0.1, 0.15) is 23.1 Å². The van der Waals surface area contributed by atoms with Gasteiger partial charge in [-0.1, -0.05) is 6.07 Å². The molecule has 1 amide bonds. The summed E-state index contributed by atoms with van der Waals surface area (Å²) in [5.41, 5.74) is -0.974. The summed E-state index contributed by atoms with van der Waals surface area (Å²) in [7, 11) is 1.16. The molecule has 12 heteroatoms. The highest BCUT2D eigenvalue weighted by atomic mass is 19.4. The molecule has 1 aromatic heterocycles. The molecule has 0 bridgehead atoms. The van der Waals surface area contributed by atoms with E-state index < -0.39 is 35.8 Å². The molecule has 1 aromatic carbocycles. The zero-order chi connectivity index (χ0) is 24.6. The van der Waals surface area contributed by atoms with Crippen molar-refractivity contribution in [1.29, 1.82) is 5.26 Å². The number of aromatic nitrogens is 1. The van der Waals surface area contributed by atoms with Crippen molar-refractivity contribution >= 4 is 5.91 Å². The number of pyridine rings is 1. The average molecular weight is 473 g/mol. The van der Waals surface area contributed by atoms with E-state index in [0.717, 1.165) is 32.4 Å². The van der Waals surface area contributed by atoms with Crippen LogP contribution in [0.15, 0.2) is 30.5 Å². The Morgan fingerprint density at radius 2 is 1.85 bits per heavy atom. The summed E-state index contributed by atoms with van der Waals surface area (Å²) in [6.07, 6.45) is -10.4. The third-order valence-electron chi connectivity index (χ3n) is 5.14. The van der Waals surface area contributed by atoms with Gasteiger partial charge in [-0.2, -0.15) is 31.6 Å². The Bertz CT molecular complexity index is 1070. The second-order valence-electron chi connectivity index (χ2n) is 7.31. The molecule has 1 fully saturated rings. The van der Waals surface area contributed by atoms with Crippen molar-refractivity contribution in [2.75, 3.05) is 20.2 Å². The highest BCUT2D eigenvalue weighted by Gasteiger charge is 2.41. The summed E-state index contributed by atoms with van der Waals surface area (Å²) < 4.78 is 87.1. The van der Waals surface area contributed by atoms with Gasteiger partial charge in [0.25, 0.3) is 5.91 Å². The molecule has 0 spiro atoms. The van der Waals surface area contributed by atoms with E-state index in [9.17, 15) is 36.4 Å². The fourth-order valence-electron chi connectivity index (χ4n) is 3.25. The Labute approximate surface area is 184 Å². The van der Waals surface area contributed by atoms with Crippen molar-refractivity contribution in [3.63, 3.8) is 0 Å². The molecule has 1 atom stereocenters. The van der Waals surface area contributed by atoms with Crippen LogP contribution < -0.4 is 9.47 Å². The number of nitriles is 1. The molecule has 33 heavy (non-hydrogen) atoms. The predicted molar refractivity (Wildman–Crippen MR) is 102 cm³/mol. The lowest BCUT2D eigenvalue weighted by Gasteiger charge is -2.40. The van der Waals surface area contributed by atoms with Crippen molar-refractivity contribution in [1.82, 2.24) is 9.88 Å². The van der Waals surface area contributed by atoms with Crippen LogP contribution in [-0.4, -0.2) is 48.3 Å². The summed E-state index contributed by atoms with van der Waals surface area (Å²) in [5.74, 6) is -1.67. The van der Waals surface area contributed by atoms with Crippen molar-refractivity contribution in [3.8, 4) is 17.6 Å². The Hall–Kier alpha value is -3.49. The number of hydrogen-bond donors (Lipinski definition) is 0. The van der Waals surface area contributed by atoms with E-state index in [1.807, 2.05) is 0 Å². The van der Waals surface area contributed by atoms with Gasteiger partial charge in [-0.25, -0.2) is 0 Å². The van der Waals surface area contributed by atoms with Gasteiger partial charge in [0, 0.05) is 25.2 Å². The van der Waals surface area contributed by atoms with E-state index in [0.29, 0.717) is 5.56 Å². The maximum Gasteiger partial charge on any atom is 0.433 e. The lowest BCUT2D eigenvalue weighted by atomic mass is 9.91. The summed E-state index contributed by atoms with van der Waals surface area (Å²) in [5, 5.41) is 9.28. The van der Waals surface area contributed by atoms with Crippen molar-refractivity contribution < 1.29 is 40.6 Å². The number of amides is 1. The summed E-state index contributed by atoms with van der Waals surface area (Å²) in [6.45, 7) is 0.941. The number of likely N-dealkylation sites (tertiary alicyclic amines) is 1. The Morgan fingerprint density at radius 3 is 2.33 bits per heavy atom. The molecule has 0 N–H and O–H groups in total. The number of carbonyl (C=O) groups is 1. The predicted octanol–water partition coefficient (Wildman–Crippen LogP) is 4.55. The molecule has 0 radical (unpaired) electrons. The molecule has 176 valence electrons. The molecule has 2 aromatic rings. The number of benzene rings is 1. The van der Waals surface area contributed by atoms with Gasteiger partial charge < -0.3 is 14.4 Å². The smallest absolute Gasteiger partial charge is 0.433 e. The van der Waals surface area contributed by atoms with Gasteiger partial charge >= 0.3 is 12.4 Å². The second-order valence-corrected chi connectivity index (χ2v) is 7.31. The minimum Gasteiger partial charge on any atom is -0.494 e. The van der Waals surface area contributed by atoms with Crippen LogP contribution >= 0.6 is 0 Å². The maximum absolute atomic E-state index is 13.1. The molecule has 1 aliphatic rings. The molecule has 1 unspecified atom stereocenters. The lowest BCUT2D eigenvalue weighted by molar-refractivity contribution is -0.189. The third-order valence-corrected chi connectivity index (χ3v) is 5.14. The lowest BCUT2D eigenvalue weighted by Crippen LogP contribution is -2.48. The minimum atomic E-state index is -4.70. The number of hydrogen-bond acceptors (Lipinski definition) is 5. The first kappa shape index (κ1) is 24.2. The van der Waals surface area contributed by atoms with Crippen LogP contribution in [0.2, 0.25) is 0 Å². The number of alkyl halides is 6. The van der Waals surface area contributed by atoms with Gasteiger partial charge in [0.2, 0.25) is 0 Å². The Kier molecular flexibility index (Phi) is 6.44. The highest BCUT2D eigenvalue weighted by molar-refractivity contribution is 6.01. The standard InChI is InChI=1S/C21H17F6N3O3/c1-11(20(22,23)24)33-15-5-3-12(7-28)18(32-2)17(15)19(31)30-9-14(10-30)13-4-6-16(29-8-13)21(25,26)27/h3-6,8,11,14H,9-10H2,1-2H3. The zero-order valence-corrected chi connectivity index (χ0v) is 17.3. The van der Waals surface area contributed by atoms with Crippen LogP contribution in [0.1, 0.15) is 40.0 Å². The van der Waals surface area contributed by atoms with Gasteiger partial charge in [0.05, 0.1) is 12.7 Å². The normalized spacial score (nSPS) is 15.4. The van der Waals surface area contributed by atoms with Crippen LogP contribution in [0.3, 0.4) is 0 Å². The third kappa shape index (κ3) is 4.97. The molecule has 1 aliphatic heterocycles. The molecule has 0 saturated carbocycles. The number of carbonyl (C=O) groups excluding carboxylic acids is 1. The summed E-state index contributed by atoms with van der Waals surface area (Å²) in [4.78, 5) is 17.8. The van der Waals surface area contributed by atoms with Gasteiger partial charge in [-0.15, -0.1) is 0 Å². The van der Waals surface area contributed by atoms with Crippen LogP contribution in [0.4, 0.5) is 26.3 Å². The SMILES string of the molecule is COc1c(C#N)ccc(OC(C)C(F)(F)F)c1C(=O)N1CC(c2ccc(C(F)(F)F)nc2)C1. The van der Waals surface area contributed by atoms with E-state index in [1.165, 1.54) is 17.0 Å². The fraction of sp³-hybridized carbons (Fsp3) is 0.381. The van der Waals surface area contributed by atoms with Crippen LogP contribution in [0, 0.1) is 11.3 Å². The van der Waals surface area contributed by atoms with E-state index in [4.69, 9.17) is 9.47 Å². The van der Waals surface area contributed by atoms with Crippen molar-refractivity contribution in [2.45, 2.75) is 31.3 Å². The maximum atomic E-state index is 13.1. The number of nitrogens with zero attached hydrogens (tertiary/aromatic N) is 3. The molecular weight excluding hydrogens is 456 g/mol. The molecule has 1 saturated heterocycles. The number of halogens is 6. The van der Waals surface area contributed by atoms with Gasteiger partial charge in [-0.3, -0.25) is 9.78 Å². The van der Waals surface area contributed by atoms with Gasteiger partial charge in [-0.05, 0) is 30.7 Å². The van der Waals surface area contributed by atoms with Crippen LogP contribution in [0.5, 0.6) is 11.5 Å². The molecule has 0 aliphatic carbocycles. The summed E-state index contributed by atoms with van der Waals surface area (Å²) >= 11 is 0. The molecule has 6 nitrogen and oxygen atoms in total. The van der Waals surface area contributed by atoms with E-state index in [2.05, 4.69) is 4.98 Å². The molecular formula is C21H17F6N3O3. The largest absolute Gasteiger partial charge is 0.494 e. The fourth-order valence-corrected chi connectivity index (χ4v) is 3.25. The molecule has 2 heterocycles. The quantitative estimate of drug-likeness (QED) is 0.596. The first-order valence-electron chi connectivity index (χ1n) is 9.53. The first-order chi connectivity index (χ1) is 15.4. The Balaban J connectivity index is 1.84. The number of methoxy groups -OCH3 is 1. The van der Waals surface area contributed by atoms with Crippen molar-refractivity contribution in [3.05, 3.63) is 52.8 Å². The second kappa shape index (κ2) is 8.80. The summed E-state index contributed by atoms with van der Waals surface area (Å²) in [6, 6.07) is 6.18. The van der Waals surface area contributed by atoms with E-state index in [1.54, 1.807) is 6.07 Å². The van der Waals surface area contributed by atoms with Crippen molar-refractivity contribution in [2.24, 2.45) is 0 Å². The minimum absolute atomic E-state index is 0.0723. The van der Waals surface area contributed by atoms with E-state index >= 15 is 0 Å². The van der Waals surface area contributed by atoms with Crippen LogP contribution in [-0.2, 0) is 6.18 Å². The Morgan fingerprint density at radius 1 is 1.18 bits per heavy atom. The van der Waals surface area contributed by atoms with E-state index in [-0.39, 0.29) is 35.9 Å². The number of ether oxygens (including phenoxy) is 2. The first-order valence-corrected chi connectivity index (χ1v) is 9.53. The average Bonchev–Trinajstić information content (AvgIpc) is 2.71. The zero-order valence-electron chi connectivity index (χ0n) is 17.3. The van der Waals surface area contributed by atoms with Gasteiger partial charge in [0.15, 0.2) is 11.9 Å².